The van der Waals surface area contributed by atoms with Crippen molar-refractivity contribution in [1.29, 1.82) is 0 Å². The largest absolute Gasteiger partial charge is 0.465 e. The maximum absolute atomic E-state index is 14.6. The zero-order valence-corrected chi connectivity index (χ0v) is 24.8. The molecule has 11 nitrogen and oxygen atoms in total. The fraction of sp³-hybridized carbons (Fsp3) is 0.594. The summed E-state index contributed by atoms with van der Waals surface area (Å²) in [6, 6.07) is 6.63. The van der Waals surface area contributed by atoms with Gasteiger partial charge in [0.2, 0.25) is 5.91 Å². The number of carbonyl (C=O) groups is 3. The molecule has 4 aliphatic heterocycles. The van der Waals surface area contributed by atoms with Crippen molar-refractivity contribution in [3.8, 4) is 0 Å². The van der Waals surface area contributed by atoms with Gasteiger partial charge in [0.05, 0.1) is 18.0 Å². The van der Waals surface area contributed by atoms with Crippen LogP contribution in [0.2, 0.25) is 0 Å². The van der Waals surface area contributed by atoms with E-state index in [0.717, 1.165) is 43.1 Å². The Morgan fingerprint density at radius 1 is 1.00 bits per heavy atom. The lowest BCUT2D eigenvalue weighted by molar-refractivity contribution is -0.161. The number of allylic oxidation sites excluding steroid dienone is 1. The van der Waals surface area contributed by atoms with Crippen molar-refractivity contribution in [2.75, 3.05) is 26.3 Å². The summed E-state index contributed by atoms with van der Waals surface area (Å²) >= 11 is 0. The summed E-state index contributed by atoms with van der Waals surface area (Å²) in [5.41, 5.74) is -0.853. The molecule has 11 heteroatoms. The average molecular weight is 592 g/mol. The molecule has 0 aliphatic carbocycles. The second-order valence-corrected chi connectivity index (χ2v) is 12.0. The third-order valence-corrected chi connectivity index (χ3v) is 9.50. The van der Waals surface area contributed by atoms with Crippen molar-refractivity contribution in [1.82, 2.24) is 24.8 Å². The molecule has 4 aliphatic rings. The number of aliphatic hydroxyl groups excluding tert-OH is 1. The lowest BCUT2D eigenvalue weighted by Crippen LogP contribution is -2.56. The van der Waals surface area contributed by atoms with Gasteiger partial charge in [0.1, 0.15) is 35.3 Å². The number of benzene rings is 1. The van der Waals surface area contributed by atoms with Crippen LogP contribution in [0.1, 0.15) is 58.3 Å². The normalized spacial score (nSPS) is 31.5. The summed E-state index contributed by atoms with van der Waals surface area (Å²) in [5.74, 6) is -2.70. The van der Waals surface area contributed by atoms with Crippen molar-refractivity contribution < 1.29 is 29.0 Å². The number of unbranched alkanes of at least 4 members (excludes halogenated alkanes) is 3. The number of esters is 1. The first kappa shape index (κ1) is 29.5. The molecular formula is C32H41N5O6. The minimum atomic E-state index is -1.32. The van der Waals surface area contributed by atoms with Crippen LogP contribution in [0.4, 0.5) is 0 Å². The number of carbonyl (C=O) groups excluding carboxylic acids is 3. The van der Waals surface area contributed by atoms with Crippen molar-refractivity contribution in [2.45, 2.75) is 82.2 Å². The quantitative estimate of drug-likeness (QED) is 0.268. The van der Waals surface area contributed by atoms with Gasteiger partial charge in [-0.05, 0) is 50.7 Å². The SMILES string of the molecule is CC[C@@]12/C=C\CCCCOC(=O)[C@@H]1[C@H]1C(=O)N(CCCCCCO)C3C(=O)N(Cn4nnc5ccccc54)CC=C[C@@]31O2. The molecule has 1 unspecified atom stereocenters. The Balaban J connectivity index is 1.39. The Labute approximate surface area is 251 Å². The summed E-state index contributed by atoms with van der Waals surface area (Å²) in [6.07, 6.45) is 13.7. The molecule has 1 spiro atoms. The van der Waals surface area contributed by atoms with Crippen molar-refractivity contribution in [3.05, 3.63) is 48.6 Å². The summed E-state index contributed by atoms with van der Waals surface area (Å²) in [4.78, 5) is 46.2. The highest BCUT2D eigenvalue weighted by Gasteiger charge is 2.75. The van der Waals surface area contributed by atoms with E-state index in [2.05, 4.69) is 16.4 Å². The van der Waals surface area contributed by atoms with Gasteiger partial charge in [-0.2, -0.15) is 0 Å². The van der Waals surface area contributed by atoms with Gasteiger partial charge in [0.15, 0.2) is 0 Å². The number of aromatic nitrogens is 3. The van der Waals surface area contributed by atoms with Crippen LogP contribution in [0.5, 0.6) is 0 Å². The van der Waals surface area contributed by atoms with Gasteiger partial charge in [-0.25, -0.2) is 4.68 Å². The molecule has 2 aromatic rings. The van der Waals surface area contributed by atoms with Crippen molar-refractivity contribution in [2.24, 2.45) is 11.8 Å². The smallest absolute Gasteiger partial charge is 0.313 e. The van der Waals surface area contributed by atoms with E-state index in [-0.39, 0.29) is 25.1 Å². The average Bonchev–Trinajstić information content (AvgIpc) is 3.59. The molecule has 0 saturated carbocycles. The maximum Gasteiger partial charge on any atom is 0.313 e. The molecule has 2 saturated heterocycles. The number of nitrogens with zero attached hydrogens (tertiary/aromatic N) is 5. The zero-order chi connectivity index (χ0) is 30.0. The fourth-order valence-corrected chi connectivity index (χ4v) is 7.38. The number of ether oxygens (including phenoxy) is 2. The van der Waals surface area contributed by atoms with Gasteiger partial charge in [0, 0.05) is 19.7 Å². The summed E-state index contributed by atoms with van der Waals surface area (Å²) in [5, 5.41) is 17.8. The highest BCUT2D eigenvalue weighted by atomic mass is 16.6. The number of fused-ring (bicyclic) bond motifs is 3. The molecule has 2 fully saturated rings. The summed E-state index contributed by atoms with van der Waals surface area (Å²) < 4.78 is 14.5. The van der Waals surface area contributed by atoms with Gasteiger partial charge in [-0.1, -0.05) is 61.4 Å². The van der Waals surface area contributed by atoms with Crippen molar-refractivity contribution >= 4 is 28.8 Å². The molecule has 1 aromatic carbocycles. The molecule has 0 radical (unpaired) electrons. The highest BCUT2D eigenvalue weighted by Crippen LogP contribution is 2.58. The number of para-hydroxylation sites is 1. The Morgan fingerprint density at radius 3 is 2.67 bits per heavy atom. The molecule has 6 rings (SSSR count). The number of hydrogen-bond acceptors (Lipinski definition) is 8. The third kappa shape index (κ3) is 5.06. The highest BCUT2D eigenvalue weighted by molar-refractivity contribution is 5.99. The van der Waals surface area contributed by atoms with E-state index in [0.29, 0.717) is 39.0 Å². The molecule has 1 aromatic heterocycles. The third-order valence-electron chi connectivity index (χ3n) is 9.50. The standard InChI is InChI=1S/C32H41N5O6/c1-2-31-16-9-3-6-12-21-42-30(41)26(31)25-28(39)36(19-10-4-5-11-20-38)27-29(40)35(18-13-17-32(25,27)43-31)22-37-24-15-8-7-14-23(24)33-34-37/h7-9,13-17,25-27,38H,2-6,10-12,18-22H2,1H3/b16-9-/t25-,26-,27?,31+,32-/m0/s1. The molecule has 2 amide bonds. The van der Waals surface area contributed by atoms with Crippen LogP contribution in [0.15, 0.2) is 48.6 Å². The van der Waals surface area contributed by atoms with Crippen LogP contribution >= 0.6 is 0 Å². The predicted octanol–water partition coefficient (Wildman–Crippen LogP) is 2.98. The van der Waals surface area contributed by atoms with Gasteiger partial charge in [-0.15, -0.1) is 5.10 Å². The number of hydrogen-bond donors (Lipinski definition) is 1. The predicted molar refractivity (Wildman–Crippen MR) is 157 cm³/mol. The van der Waals surface area contributed by atoms with Crippen LogP contribution < -0.4 is 0 Å². The van der Waals surface area contributed by atoms with E-state index in [1.807, 2.05) is 49.4 Å². The van der Waals surface area contributed by atoms with E-state index in [1.54, 1.807) is 14.5 Å². The molecule has 5 heterocycles. The Morgan fingerprint density at radius 2 is 1.84 bits per heavy atom. The topological polar surface area (TPSA) is 127 Å². The van der Waals surface area contributed by atoms with Gasteiger partial charge >= 0.3 is 5.97 Å². The van der Waals surface area contributed by atoms with E-state index >= 15 is 0 Å². The van der Waals surface area contributed by atoms with E-state index in [9.17, 15) is 19.5 Å². The van der Waals surface area contributed by atoms with Gasteiger partial charge in [-0.3, -0.25) is 14.4 Å². The number of cyclic esters (lactones) is 1. The summed E-state index contributed by atoms with van der Waals surface area (Å²) in [7, 11) is 0. The lowest BCUT2D eigenvalue weighted by Gasteiger charge is -2.38. The second kappa shape index (κ2) is 12.2. The van der Waals surface area contributed by atoms with E-state index in [4.69, 9.17) is 9.47 Å². The first-order valence-corrected chi connectivity index (χ1v) is 15.7. The van der Waals surface area contributed by atoms with Crippen LogP contribution in [-0.2, 0) is 30.5 Å². The Hall–Kier alpha value is -3.57. The molecule has 230 valence electrons. The van der Waals surface area contributed by atoms with Crippen molar-refractivity contribution in [3.63, 3.8) is 0 Å². The molecule has 43 heavy (non-hydrogen) atoms. The zero-order valence-electron chi connectivity index (χ0n) is 24.8. The minimum Gasteiger partial charge on any atom is -0.465 e. The van der Waals surface area contributed by atoms with Gasteiger partial charge < -0.3 is 24.4 Å². The summed E-state index contributed by atoms with van der Waals surface area (Å²) in [6.45, 7) is 3.18. The first-order chi connectivity index (χ1) is 21.0. The molecule has 5 atom stereocenters. The van der Waals surface area contributed by atoms with Crippen LogP contribution in [0.3, 0.4) is 0 Å². The Bertz CT molecular complexity index is 1420. The van der Waals surface area contributed by atoms with E-state index in [1.165, 1.54) is 0 Å². The lowest BCUT2D eigenvalue weighted by atomic mass is 9.73. The van der Waals surface area contributed by atoms with Crippen LogP contribution in [0.25, 0.3) is 11.0 Å². The first-order valence-electron chi connectivity index (χ1n) is 15.7. The monoisotopic (exact) mass is 591 g/mol. The van der Waals surface area contributed by atoms with Gasteiger partial charge in [0.25, 0.3) is 5.91 Å². The van der Waals surface area contributed by atoms with Crippen LogP contribution in [0, 0.1) is 11.8 Å². The minimum absolute atomic E-state index is 0.121. The number of aliphatic hydroxyl groups is 1. The molecular weight excluding hydrogens is 550 g/mol. The number of amides is 2. The number of rotatable bonds is 9. The Kier molecular flexibility index (Phi) is 8.37. The van der Waals surface area contributed by atoms with Crippen LogP contribution in [-0.4, -0.2) is 91.2 Å². The maximum atomic E-state index is 14.6. The second-order valence-electron chi connectivity index (χ2n) is 12.0. The molecule has 1 N–H and O–H groups in total. The molecule has 0 bridgehead atoms. The number of likely N-dealkylation sites (tertiary alicyclic amines) is 1. The fourth-order valence-electron chi connectivity index (χ4n) is 7.38. The van der Waals surface area contributed by atoms with E-state index < -0.39 is 35.0 Å².